The Labute approximate surface area is 110 Å². The van der Waals surface area contributed by atoms with E-state index in [0.717, 1.165) is 17.7 Å². The van der Waals surface area contributed by atoms with Crippen LogP contribution in [0.4, 0.5) is 5.69 Å². The molecular weight excluding hydrogens is 220 g/mol. The Morgan fingerprint density at radius 2 is 1.78 bits per heavy atom. The normalized spacial score (nSPS) is 30.9. The van der Waals surface area contributed by atoms with E-state index in [9.17, 15) is 0 Å². The van der Waals surface area contributed by atoms with Crippen molar-refractivity contribution in [1.29, 1.82) is 0 Å². The number of rotatable bonds is 1. The zero-order valence-corrected chi connectivity index (χ0v) is 12.0. The molecule has 3 heterocycles. The molecule has 18 heavy (non-hydrogen) atoms. The Morgan fingerprint density at radius 3 is 2.33 bits per heavy atom. The van der Waals surface area contributed by atoms with Gasteiger partial charge in [0, 0.05) is 17.8 Å². The van der Waals surface area contributed by atoms with Crippen LogP contribution in [-0.2, 0) is 0 Å². The predicted octanol–water partition coefficient (Wildman–Crippen LogP) is 3.77. The average Bonchev–Trinajstić information content (AvgIpc) is 2.32. The monoisotopic (exact) mass is 244 g/mol. The van der Waals surface area contributed by atoms with Gasteiger partial charge in [-0.25, -0.2) is 0 Å². The first-order valence-corrected chi connectivity index (χ1v) is 7.31. The zero-order valence-electron chi connectivity index (χ0n) is 12.0. The Balaban J connectivity index is 2.04. The lowest BCUT2D eigenvalue weighted by Crippen LogP contribution is -2.54. The van der Waals surface area contributed by atoms with E-state index in [1.165, 1.54) is 42.6 Å². The van der Waals surface area contributed by atoms with Crippen LogP contribution in [0, 0.1) is 26.7 Å². The van der Waals surface area contributed by atoms with Crippen molar-refractivity contribution in [2.75, 3.05) is 4.90 Å². The lowest BCUT2D eigenvalue weighted by molar-refractivity contribution is 0.200. The number of aryl methyl sites for hydroxylation is 3. The molecule has 1 atom stereocenters. The molecule has 2 saturated heterocycles. The van der Waals surface area contributed by atoms with E-state index in [4.69, 9.17) is 0 Å². The van der Waals surface area contributed by atoms with E-state index in [-0.39, 0.29) is 0 Å². The van der Waals surface area contributed by atoms with Gasteiger partial charge in [0.2, 0.25) is 0 Å². The smallest absolute Gasteiger partial charge is 0.0617 e. The van der Waals surface area contributed by atoms with Crippen LogP contribution >= 0.6 is 0 Å². The summed E-state index contributed by atoms with van der Waals surface area (Å²) in [6.07, 6.45) is 5.61. The highest BCUT2D eigenvalue weighted by atomic mass is 15.2. The van der Waals surface area contributed by atoms with Gasteiger partial charge >= 0.3 is 0 Å². The number of piperidine rings is 2. The molecule has 1 aliphatic carbocycles. The molecule has 2 nitrogen and oxygen atoms in total. The molecule has 1 saturated carbocycles. The van der Waals surface area contributed by atoms with Gasteiger partial charge in [-0.3, -0.25) is 4.98 Å². The number of nitrogens with zero attached hydrogens (tertiary/aromatic N) is 2. The largest absolute Gasteiger partial charge is 0.364 e. The molecule has 1 aromatic rings. The molecule has 1 unspecified atom stereocenters. The van der Waals surface area contributed by atoms with Gasteiger partial charge in [-0.1, -0.05) is 0 Å². The molecule has 4 rings (SSSR count). The van der Waals surface area contributed by atoms with Crippen LogP contribution in [-0.4, -0.2) is 17.1 Å². The fraction of sp³-hybridized carbons (Fsp3) is 0.688. The fourth-order valence-electron chi connectivity index (χ4n) is 4.22. The number of hydrogen-bond donors (Lipinski definition) is 0. The number of pyridine rings is 1. The summed E-state index contributed by atoms with van der Waals surface area (Å²) < 4.78 is 0. The second-order valence-corrected chi connectivity index (χ2v) is 6.23. The third kappa shape index (κ3) is 1.73. The van der Waals surface area contributed by atoms with Gasteiger partial charge in [-0.15, -0.1) is 0 Å². The molecular formula is C16H24N2. The summed E-state index contributed by atoms with van der Waals surface area (Å²) in [4.78, 5) is 7.38. The lowest BCUT2D eigenvalue weighted by Gasteiger charge is -2.52. The highest BCUT2D eigenvalue weighted by molar-refractivity contribution is 5.59. The van der Waals surface area contributed by atoms with Crippen LogP contribution in [0.5, 0.6) is 0 Å². The zero-order chi connectivity index (χ0) is 12.9. The van der Waals surface area contributed by atoms with Crippen LogP contribution in [0.25, 0.3) is 0 Å². The summed E-state index contributed by atoms with van der Waals surface area (Å²) in [7, 11) is 0. The second kappa shape index (κ2) is 4.25. The van der Waals surface area contributed by atoms with Crippen molar-refractivity contribution < 1.29 is 0 Å². The average molecular weight is 244 g/mol. The topological polar surface area (TPSA) is 16.1 Å². The maximum absolute atomic E-state index is 4.69. The van der Waals surface area contributed by atoms with Gasteiger partial charge in [-0.2, -0.15) is 0 Å². The molecule has 0 spiro atoms. The predicted molar refractivity (Wildman–Crippen MR) is 76.1 cm³/mol. The Bertz CT molecular complexity index is 433. The minimum Gasteiger partial charge on any atom is -0.364 e. The Morgan fingerprint density at radius 1 is 1.11 bits per heavy atom. The summed E-state index contributed by atoms with van der Waals surface area (Å²) >= 11 is 0. The molecule has 98 valence electrons. The van der Waals surface area contributed by atoms with Crippen LogP contribution < -0.4 is 4.90 Å². The van der Waals surface area contributed by atoms with Gasteiger partial charge in [-0.05, 0) is 70.9 Å². The fourth-order valence-corrected chi connectivity index (χ4v) is 4.22. The minimum absolute atomic E-state index is 0.694. The highest BCUT2D eigenvalue weighted by Gasteiger charge is 2.40. The van der Waals surface area contributed by atoms with Crippen molar-refractivity contribution in [2.45, 2.75) is 65.5 Å². The van der Waals surface area contributed by atoms with Crippen molar-refractivity contribution >= 4 is 5.69 Å². The number of anilines is 1. The first kappa shape index (κ1) is 12.0. The van der Waals surface area contributed by atoms with E-state index in [2.05, 4.69) is 43.6 Å². The van der Waals surface area contributed by atoms with Crippen molar-refractivity contribution in [3.63, 3.8) is 0 Å². The van der Waals surface area contributed by atoms with Crippen molar-refractivity contribution in [3.8, 4) is 0 Å². The Hall–Kier alpha value is -1.05. The molecule has 1 aromatic heterocycles. The third-order valence-corrected chi connectivity index (χ3v) is 5.00. The van der Waals surface area contributed by atoms with E-state index < -0.39 is 0 Å². The van der Waals surface area contributed by atoms with Crippen LogP contribution in [0.1, 0.15) is 49.6 Å². The van der Waals surface area contributed by atoms with E-state index in [0.29, 0.717) is 6.04 Å². The van der Waals surface area contributed by atoms with Gasteiger partial charge in [0.1, 0.15) is 0 Å². The SMILES string of the molecule is Cc1cc(C)c(N2C3CCC(CC3)C2C)c(C)n1. The number of fused-ring (bicyclic) bond motifs is 3. The minimum atomic E-state index is 0.694. The third-order valence-electron chi connectivity index (χ3n) is 5.00. The van der Waals surface area contributed by atoms with Crippen molar-refractivity contribution in [2.24, 2.45) is 5.92 Å². The standard InChI is InChI=1S/C16H24N2/c1-10-9-11(2)17-12(3)16(10)18-13(4)14-5-7-15(18)8-6-14/h9,13-15H,5-8H2,1-4H3. The van der Waals surface area contributed by atoms with E-state index in [1.807, 2.05) is 0 Å². The van der Waals surface area contributed by atoms with Gasteiger partial charge in [0.15, 0.2) is 0 Å². The molecule has 3 aliphatic rings. The van der Waals surface area contributed by atoms with Crippen molar-refractivity contribution in [3.05, 3.63) is 23.0 Å². The van der Waals surface area contributed by atoms with Crippen molar-refractivity contribution in [1.82, 2.24) is 4.98 Å². The first-order chi connectivity index (χ1) is 8.58. The maximum atomic E-state index is 4.69. The summed E-state index contributed by atoms with van der Waals surface area (Å²) in [5.74, 6) is 0.898. The molecule has 0 amide bonds. The van der Waals surface area contributed by atoms with Crippen LogP contribution in [0.2, 0.25) is 0 Å². The molecule has 2 heteroatoms. The quantitative estimate of drug-likeness (QED) is 0.747. The molecule has 0 radical (unpaired) electrons. The first-order valence-electron chi connectivity index (χ1n) is 7.31. The maximum Gasteiger partial charge on any atom is 0.0617 e. The summed E-state index contributed by atoms with van der Waals surface area (Å²) in [5.41, 5.74) is 5.18. The summed E-state index contributed by atoms with van der Waals surface area (Å²) in [6.45, 7) is 8.92. The molecule has 2 bridgehead atoms. The van der Waals surface area contributed by atoms with E-state index in [1.54, 1.807) is 0 Å². The van der Waals surface area contributed by atoms with Gasteiger partial charge in [0.05, 0.1) is 11.4 Å². The molecule has 3 fully saturated rings. The number of hydrogen-bond acceptors (Lipinski definition) is 2. The van der Waals surface area contributed by atoms with Crippen LogP contribution in [0.15, 0.2) is 6.07 Å². The highest BCUT2D eigenvalue weighted by Crippen LogP contribution is 2.43. The van der Waals surface area contributed by atoms with Crippen LogP contribution in [0.3, 0.4) is 0 Å². The molecule has 0 N–H and O–H groups in total. The van der Waals surface area contributed by atoms with Gasteiger partial charge in [0.25, 0.3) is 0 Å². The van der Waals surface area contributed by atoms with Gasteiger partial charge < -0.3 is 4.90 Å². The lowest BCUT2D eigenvalue weighted by atomic mass is 9.74. The summed E-state index contributed by atoms with van der Waals surface area (Å²) in [5, 5.41) is 0. The number of aromatic nitrogens is 1. The molecule has 2 aliphatic heterocycles. The Kier molecular flexibility index (Phi) is 2.84. The summed E-state index contributed by atoms with van der Waals surface area (Å²) in [6, 6.07) is 3.68. The molecule has 0 aromatic carbocycles. The van der Waals surface area contributed by atoms with E-state index >= 15 is 0 Å². The second-order valence-electron chi connectivity index (χ2n) is 6.23.